The molecule has 2 aromatic carbocycles. The van der Waals surface area contributed by atoms with Crippen molar-refractivity contribution < 1.29 is 25.9 Å². The second-order valence-electron chi connectivity index (χ2n) is 11.4. The summed E-state index contributed by atoms with van der Waals surface area (Å²) in [5.74, 6) is 0. The summed E-state index contributed by atoms with van der Waals surface area (Å²) in [5.41, 5.74) is 2.20. The van der Waals surface area contributed by atoms with Crippen molar-refractivity contribution in [1.82, 2.24) is 0 Å². The third kappa shape index (κ3) is 22.2. The van der Waals surface area contributed by atoms with Gasteiger partial charge in [0.2, 0.25) is 0 Å². The second-order valence-corrected chi connectivity index (χ2v) is 14.1. The Morgan fingerprint density at radius 3 is 0.884 bits per heavy atom. The van der Waals surface area contributed by atoms with Crippen LogP contribution in [-0.2, 0) is 33.1 Å². The van der Waals surface area contributed by atoms with Gasteiger partial charge in [-0.05, 0) is 61.1 Å². The maximum Gasteiger partial charge on any atom is 2.00 e. The summed E-state index contributed by atoms with van der Waals surface area (Å²) in [6, 6.07) is 12.6. The molecule has 0 amide bonds. The van der Waals surface area contributed by atoms with Crippen molar-refractivity contribution in [2.45, 2.75) is 152 Å². The van der Waals surface area contributed by atoms with Gasteiger partial charge < -0.3 is 9.11 Å². The van der Waals surface area contributed by atoms with Crippen LogP contribution in [0.5, 0.6) is 0 Å². The van der Waals surface area contributed by atoms with Crippen molar-refractivity contribution in [2.24, 2.45) is 0 Å². The maximum absolute atomic E-state index is 10.8. The van der Waals surface area contributed by atoms with Crippen molar-refractivity contribution in [3.8, 4) is 0 Å². The van der Waals surface area contributed by atoms with Crippen LogP contribution in [0.2, 0.25) is 0 Å². The number of benzene rings is 2. The van der Waals surface area contributed by atoms with E-state index in [4.69, 9.17) is 0 Å². The van der Waals surface area contributed by atoms with E-state index in [-0.39, 0.29) is 32.8 Å². The molecule has 0 aliphatic carbocycles. The summed E-state index contributed by atoms with van der Waals surface area (Å²) in [4.78, 5) is -0.281. The van der Waals surface area contributed by atoms with E-state index < -0.39 is 20.2 Å². The summed E-state index contributed by atoms with van der Waals surface area (Å²) < 4.78 is 64.9. The van der Waals surface area contributed by atoms with Gasteiger partial charge in [0.25, 0.3) is 0 Å². The molecule has 0 spiro atoms. The van der Waals surface area contributed by atoms with Gasteiger partial charge in [0.15, 0.2) is 0 Å². The van der Waals surface area contributed by atoms with Gasteiger partial charge in [0.05, 0.1) is 9.79 Å². The molecule has 0 saturated carbocycles. The summed E-state index contributed by atoms with van der Waals surface area (Å²) in [5, 5.41) is 0. The van der Waals surface area contributed by atoms with Gasteiger partial charge in [-0.2, -0.15) is 0 Å². The molecular formula is C34H54MgO6S2. The van der Waals surface area contributed by atoms with Crippen molar-refractivity contribution in [2.75, 3.05) is 0 Å². The average molecular weight is 647 g/mol. The minimum atomic E-state index is -4.31. The van der Waals surface area contributed by atoms with Crippen LogP contribution in [0.1, 0.15) is 141 Å². The summed E-state index contributed by atoms with van der Waals surface area (Å²) >= 11 is 0. The number of hydrogen-bond acceptors (Lipinski definition) is 6. The first-order valence-corrected chi connectivity index (χ1v) is 19.0. The zero-order chi connectivity index (χ0) is 31.1. The first-order valence-electron chi connectivity index (χ1n) is 16.2. The minimum absolute atomic E-state index is 0. The summed E-state index contributed by atoms with van der Waals surface area (Å²) in [6.45, 7) is 4.47. The Bertz CT molecular complexity index is 1050. The third-order valence-corrected chi connectivity index (χ3v) is 9.26. The maximum atomic E-state index is 10.8. The predicted molar refractivity (Wildman–Crippen MR) is 176 cm³/mol. The quantitative estimate of drug-likeness (QED) is 0.0716. The Morgan fingerprint density at radius 1 is 0.419 bits per heavy atom. The number of unbranched alkanes of at least 4 members (excludes halogenated alkanes) is 16. The zero-order valence-electron chi connectivity index (χ0n) is 26.7. The average Bonchev–Trinajstić information content (AvgIpc) is 2.95. The van der Waals surface area contributed by atoms with E-state index in [2.05, 4.69) is 13.8 Å². The first-order chi connectivity index (χ1) is 20.1. The molecule has 0 aliphatic rings. The van der Waals surface area contributed by atoms with Crippen molar-refractivity contribution in [1.29, 1.82) is 0 Å². The van der Waals surface area contributed by atoms with Crippen molar-refractivity contribution >= 4 is 43.3 Å². The Hall–Kier alpha value is -0.974. The topological polar surface area (TPSA) is 114 Å². The predicted octanol–water partition coefficient (Wildman–Crippen LogP) is 8.95. The Morgan fingerprint density at radius 2 is 0.651 bits per heavy atom. The van der Waals surface area contributed by atoms with Gasteiger partial charge in [0.1, 0.15) is 20.2 Å². The molecule has 0 radical (unpaired) electrons. The van der Waals surface area contributed by atoms with Gasteiger partial charge in [0, 0.05) is 0 Å². The summed E-state index contributed by atoms with van der Waals surface area (Å²) in [7, 11) is -8.62. The van der Waals surface area contributed by atoms with Crippen LogP contribution in [0, 0.1) is 0 Å². The normalized spacial score (nSPS) is 11.4. The van der Waals surface area contributed by atoms with Crippen LogP contribution in [0.15, 0.2) is 58.3 Å². The molecule has 2 aromatic rings. The number of rotatable bonds is 22. The molecule has 6 nitrogen and oxygen atoms in total. The SMILES string of the molecule is CCCCCCCCCCCc1ccc(S(=O)(=O)[O-])cc1.CCCCCCCCCCCc1ccc(S(=O)(=O)[O-])cc1.[Mg+2]. The molecule has 0 bridgehead atoms. The van der Waals surface area contributed by atoms with E-state index in [0.717, 1.165) is 36.8 Å². The van der Waals surface area contributed by atoms with Gasteiger partial charge in [-0.25, -0.2) is 16.8 Å². The standard InChI is InChI=1S/2C17H28O3S.Mg/c2*1-2-3-4-5-6-7-8-9-10-11-16-12-14-17(15-13-16)21(18,19)20;/h2*12-15H,2-11H2,1H3,(H,18,19,20);/q;;+2/p-2. The molecule has 2 rings (SSSR count). The van der Waals surface area contributed by atoms with E-state index in [0.29, 0.717) is 0 Å². The molecule has 0 heterocycles. The first kappa shape index (κ1) is 42.0. The third-order valence-electron chi connectivity index (χ3n) is 7.56. The molecule has 0 saturated heterocycles. The minimum Gasteiger partial charge on any atom is -0.744 e. The molecule has 9 heteroatoms. The van der Waals surface area contributed by atoms with Crippen LogP contribution >= 0.6 is 0 Å². The molecule has 0 N–H and O–H groups in total. The van der Waals surface area contributed by atoms with Gasteiger partial charge in [-0.1, -0.05) is 141 Å². The van der Waals surface area contributed by atoms with Crippen LogP contribution in [-0.4, -0.2) is 49.0 Å². The smallest absolute Gasteiger partial charge is 0.744 e. The van der Waals surface area contributed by atoms with Crippen LogP contribution < -0.4 is 0 Å². The fraction of sp³-hybridized carbons (Fsp3) is 0.647. The molecular weight excluding hydrogens is 593 g/mol. The van der Waals surface area contributed by atoms with E-state index in [1.165, 1.54) is 127 Å². The van der Waals surface area contributed by atoms with E-state index in [1.807, 2.05) is 0 Å². The Kier molecular flexibility index (Phi) is 24.7. The zero-order valence-corrected chi connectivity index (χ0v) is 29.8. The van der Waals surface area contributed by atoms with Crippen molar-refractivity contribution in [3.05, 3.63) is 59.7 Å². The molecule has 0 aromatic heterocycles. The van der Waals surface area contributed by atoms with Gasteiger partial charge in [-0.15, -0.1) is 0 Å². The van der Waals surface area contributed by atoms with E-state index >= 15 is 0 Å². The fourth-order valence-electron chi connectivity index (χ4n) is 4.93. The largest absolute Gasteiger partial charge is 2.00 e. The van der Waals surface area contributed by atoms with Crippen LogP contribution in [0.4, 0.5) is 0 Å². The van der Waals surface area contributed by atoms with Gasteiger partial charge in [-0.3, -0.25) is 0 Å². The molecule has 43 heavy (non-hydrogen) atoms. The molecule has 240 valence electrons. The molecule has 0 aliphatic heterocycles. The molecule has 0 unspecified atom stereocenters. The second kappa shape index (κ2) is 25.2. The molecule has 0 fully saturated rings. The van der Waals surface area contributed by atoms with Crippen LogP contribution in [0.25, 0.3) is 0 Å². The van der Waals surface area contributed by atoms with Crippen LogP contribution in [0.3, 0.4) is 0 Å². The van der Waals surface area contributed by atoms with E-state index in [9.17, 15) is 25.9 Å². The van der Waals surface area contributed by atoms with Crippen molar-refractivity contribution in [3.63, 3.8) is 0 Å². The number of aryl methyl sites for hydroxylation is 2. The fourth-order valence-corrected chi connectivity index (χ4v) is 5.86. The Balaban J connectivity index is 0.000000802. The monoisotopic (exact) mass is 646 g/mol. The summed E-state index contributed by atoms with van der Waals surface area (Å²) in [6.07, 6.45) is 25.2. The van der Waals surface area contributed by atoms with E-state index in [1.54, 1.807) is 24.3 Å². The molecule has 0 atom stereocenters. The number of hydrogen-bond donors (Lipinski definition) is 0. The van der Waals surface area contributed by atoms with Gasteiger partial charge >= 0.3 is 23.1 Å². The Labute approximate surface area is 279 Å².